The van der Waals surface area contributed by atoms with Gasteiger partial charge in [0, 0.05) is 5.75 Å². The van der Waals surface area contributed by atoms with E-state index in [4.69, 9.17) is 9.72 Å². The first kappa shape index (κ1) is 17.8. The van der Waals surface area contributed by atoms with Crippen molar-refractivity contribution in [1.82, 2.24) is 9.55 Å². The Bertz CT molecular complexity index is 1100. The molecule has 4 aromatic rings. The molecule has 136 valence electrons. The maximum atomic E-state index is 13.0. The van der Waals surface area contributed by atoms with E-state index in [1.54, 1.807) is 4.57 Å². The molecule has 0 saturated carbocycles. The van der Waals surface area contributed by atoms with Crippen molar-refractivity contribution >= 4 is 33.3 Å². The number of nitrogens with zero attached hydrogens (tertiary/aromatic N) is 2. The van der Waals surface area contributed by atoms with Gasteiger partial charge in [-0.2, -0.15) is 0 Å². The van der Waals surface area contributed by atoms with Crippen LogP contribution in [-0.2, 0) is 0 Å². The van der Waals surface area contributed by atoms with Crippen molar-refractivity contribution in [1.29, 1.82) is 0 Å². The van der Waals surface area contributed by atoms with Gasteiger partial charge in [-0.05, 0) is 42.6 Å². The molecule has 0 saturated heterocycles. The number of benzene rings is 2. The Morgan fingerprint density at radius 3 is 2.63 bits per heavy atom. The standard InChI is InChI=1S/C21H18N2O2S2/c1-15-7-9-17(10-8-15)25-12-14-27-21-22-19-18(11-13-26-19)20(24)23(21)16-5-3-2-4-6-16/h2-11,13H,12,14H2,1H3. The zero-order valence-electron chi connectivity index (χ0n) is 14.8. The van der Waals surface area contributed by atoms with Crippen molar-refractivity contribution in [2.75, 3.05) is 12.4 Å². The molecule has 0 atom stereocenters. The predicted molar refractivity (Wildman–Crippen MR) is 113 cm³/mol. The lowest BCUT2D eigenvalue weighted by Gasteiger charge is -2.12. The molecule has 0 aliphatic rings. The average Bonchev–Trinajstić information content (AvgIpc) is 3.16. The molecule has 6 heteroatoms. The summed E-state index contributed by atoms with van der Waals surface area (Å²) < 4.78 is 7.48. The Labute approximate surface area is 165 Å². The lowest BCUT2D eigenvalue weighted by atomic mass is 10.2. The van der Waals surface area contributed by atoms with Crippen LogP contribution in [0.1, 0.15) is 5.56 Å². The molecule has 0 bridgehead atoms. The van der Waals surface area contributed by atoms with Gasteiger partial charge in [0.05, 0.1) is 17.7 Å². The highest BCUT2D eigenvalue weighted by Crippen LogP contribution is 2.24. The van der Waals surface area contributed by atoms with Gasteiger partial charge in [-0.25, -0.2) is 4.98 Å². The van der Waals surface area contributed by atoms with Crippen molar-refractivity contribution in [3.63, 3.8) is 0 Å². The van der Waals surface area contributed by atoms with Crippen molar-refractivity contribution in [3.05, 3.63) is 82.0 Å². The van der Waals surface area contributed by atoms with Gasteiger partial charge in [0.1, 0.15) is 10.6 Å². The van der Waals surface area contributed by atoms with Crippen LogP contribution in [0.3, 0.4) is 0 Å². The second kappa shape index (κ2) is 7.98. The van der Waals surface area contributed by atoms with Crippen LogP contribution >= 0.6 is 23.1 Å². The Balaban J connectivity index is 1.57. The van der Waals surface area contributed by atoms with Gasteiger partial charge in [0.2, 0.25) is 0 Å². The normalized spacial score (nSPS) is 11.0. The zero-order valence-corrected chi connectivity index (χ0v) is 16.4. The molecule has 0 spiro atoms. The van der Waals surface area contributed by atoms with E-state index >= 15 is 0 Å². The molecule has 2 aromatic carbocycles. The minimum absolute atomic E-state index is 0.0330. The summed E-state index contributed by atoms with van der Waals surface area (Å²) in [5, 5.41) is 3.25. The highest BCUT2D eigenvalue weighted by molar-refractivity contribution is 7.99. The van der Waals surface area contributed by atoms with E-state index in [-0.39, 0.29) is 5.56 Å². The third-order valence-corrected chi connectivity index (χ3v) is 5.79. The van der Waals surface area contributed by atoms with E-state index in [2.05, 4.69) is 6.92 Å². The van der Waals surface area contributed by atoms with E-state index in [9.17, 15) is 4.79 Å². The summed E-state index contributed by atoms with van der Waals surface area (Å²) in [6.07, 6.45) is 0. The van der Waals surface area contributed by atoms with Gasteiger partial charge in [-0.15, -0.1) is 11.3 Å². The number of ether oxygens (including phenoxy) is 1. The van der Waals surface area contributed by atoms with Crippen molar-refractivity contribution in [3.8, 4) is 11.4 Å². The first-order chi connectivity index (χ1) is 13.2. The van der Waals surface area contributed by atoms with Gasteiger partial charge >= 0.3 is 0 Å². The molecule has 2 heterocycles. The number of hydrogen-bond donors (Lipinski definition) is 0. The summed E-state index contributed by atoms with van der Waals surface area (Å²) in [5.74, 6) is 1.55. The van der Waals surface area contributed by atoms with Crippen LogP contribution in [0.4, 0.5) is 0 Å². The van der Waals surface area contributed by atoms with Crippen LogP contribution in [0.25, 0.3) is 15.9 Å². The van der Waals surface area contributed by atoms with Crippen LogP contribution < -0.4 is 10.3 Å². The van der Waals surface area contributed by atoms with E-state index in [0.717, 1.165) is 16.3 Å². The second-order valence-electron chi connectivity index (χ2n) is 6.02. The molecule has 0 unspecified atom stereocenters. The summed E-state index contributed by atoms with van der Waals surface area (Å²) in [7, 11) is 0. The van der Waals surface area contributed by atoms with Gasteiger partial charge in [0.25, 0.3) is 5.56 Å². The Morgan fingerprint density at radius 2 is 1.85 bits per heavy atom. The number of para-hydroxylation sites is 1. The summed E-state index contributed by atoms with van der Waals surface area (Å²) in [5.41, 5.74) is 2.00. The predicted octanol–water partition coefficient (Wildman–Crippen LogP) is 4.93. The smallest absolute Gasteiger partial charge is 0.267 e. The third kappa shape index (κ3) is 3.91. The maximum Gasteiger partial charge on any atom is 0.267 e. The van der Waals surface area contributed by atoms with Gasteiger partial charge in [0.15, 0.2) is 5.16 Å². The molecular weight excluding hydrogens is 376 g/mol. The largest absolute Gasteiger partial charge is 0.493 e. The topological polar surface area (TPSA) is 44.1 Å². The Kier molecular flexibility index (Phi) is 5.27. The van der Waals surface area contributed by atoms with Gasteiger partial charge in [-0.1, -0.05) is 47.7 Å². The van der Waals surface area contributed by atoms with E-state index < -0.39 is 0 Å². The summed E-state index contributed by atoms with van der Waals surface area (Å²) in [4.78, 5) is 18.5. The molecule has 0 fully saturated rings. The minimum atomic E-state index is -0.0330. The molecular formula is C21H18N2O2S2. The SMILES string of the molecule is Cc1ccc(OCCSc2nc3sccc3c(=O)n2-c2ccccc2)cc1. The molecule has 0 aliphatic carbocycles. The van der Waals surface area contributed by atoms with Crippen molar-refractivity contribution < 1.29 is 4.74 Å². The molecule has 2 aromatic heterocycles. The third-order valence-electron chi connectivity index (χ3n) is 4.09. The van der Waals surface area contributed by atoms with E-state index in [1.165, 1.54) is 28.7 Å². The Morgan fingerprint density at radius 1 is 1.07 bits per heavy atom. The highest BCUT2D eigenvalue weighted by atomic mass is 32.2. The fourth-order valence-corrected chi connectivity index (χ4v) is 4.36. The van der Waals surface area contributed by atoms with Crippen LogP contribution in [0.5, 0.6) is 5.75 Å². The number of aromatic nitrogens is 2. The fraction of sp³-hybridized carbons (Fsp3) is 0.143. The lowest BCUT2D eigenvalue weighted by Crippen LogP contribution is -2.21. The quantitative estimate of drug-likeness (QED) is 0.264. The van der Waals surface area contributed by atoms with Gasteiger partial charge < -0.3 is 4.74 Å². The van der Waals surface area contributed by atoms with Crippen molar-refractivity contribution in [2.24, 2.45) is 0 Å². The molecule has 27 heavy (non-hydrogen) atoms. The number of aryl methyl sites for hydroxylation is 1. The molecule has 4 rings (SSSR count). The summed E-state index contributed by atoms with van der Waals surface area (Å²) >= 11 is 3.02. The lowest BCUT2D eigenvalue weighted by molar-refractivity contribution is 0.344. The Hall–Kier alpha value is -2.57. The average molecular weight is 395 g/mol. The molecule has 0 N–H and O–H groups in total. The van der Waals surface area contributed by atoms with Crippen LogP contribution in [-0.4, -0.2) is 21.9 Å². The molecule has 0 radical (unpaired) electrons. The van der Waals surface area contributed by atoms with Gasteiger partial charge in [-0.3, -0.25) is 9.36 Å². The fourth-order valence-electron chi connectivity index (χ4n) is 2.72. The summed E-state index contributed by atoms with van der Waals surface area (Å²) in [6, 6.07) is 19.5. The number of thiophene rings is 1. The number of rotatable bonds is 6. The maximum absolute atomic E-state index is 13.0. The minimum Gasteiger partial charge on any atom is -0.493 e. The molecule has 4 nitrogen and oxygen atoms in total. The molecule has 0 aliphatic heterocycles. The van der Waals surface area contributed by atoms with Crippen molar-refractivity contribution in [2.45, 2.75) is 12.1 Å². The van der Waals surface area contributed by atoms with Crippen LogP contribution in [0.15, 0.2) is 76.0 Å². The zero-order chi connectivity index (χ0) is 18.6. The van der Waals surface area contributed by atoms with Crippen LogP contribution in [0.2, 0.25) is 0 Å². The van der Waals surface area contributed by atoms with Crippen LogP contribution in [0, 0.1) is 6.92 Å². The molecule has 0 amide bonds. The number of hydrogen-bond acceptors (Lipinski definition) is 5. The monoisotopic (exact) mass is 394 g/mol. The summed E-state index contributed by atoms with van der Waals surface area (Å²) in [6.45, 7) is 2.59. The first-order valence-corrected chi connectivity index (χ1v) is 10.5. The second-order valence-corrected chi connectivity index (χ2v) is 7.98. The van der Waals surface area contributed by atoms with E-state index in [1.807, 2.05) is 66.0 Å². The number of fused-ring (bicyclic) bond motifs is 1. The number of thioether (sulfide) groups is 1. The van der Waals surface area contributed by atoms with E-state index in [0.29, 0.717) is 22.9 Å². The first-order valence-electron chi connectivity index (χ1n) is 8.60. The highest BCUT2D eigenvalue weighted by Gasteiger charge is 2.14.